The van der Waals surface area contributed by atoms with Gasteiger partial charge in [0.15, 0.2) is 0 Å². The van der Waals surface area contributed by atoms with E-state index in [1.54, 1.807) is 25.7 Å². The molecule has 164 valence electrons. The number of carbonyl (C=O) groups excluding carboxylic acids is 3. The van der Waals surface area contributed by atoms with E-state index in [4.69, 9.17) is 9.47 Å². The minimum atomic E-state index is -0.843. The van der Waals surface area contributed by atoms with Crippen molar-refractivity contribution in [2.45, 2.75) is 71.6 Å². The number of ether oxygens (including phenoxy) is 2. The van der Waals surface area contributed by atoms with E-state index in [0.717, 1.165) is 0 Å². The standard InChI is InChI=1S/C20H34N4O5/c1-14(2)12-16(23-19(27)24-8-10-28-11-9-24)18(26)22-15(13-21)6-7-17(25)29-20(3,4)5/h14-16H,6-12H2,1-5H3,(H,22,26)(H,23,27). The molecule has 0 saturated carbocycles. The molecule has 2 atom stereocenters. The van der Waals surface area contributed by atoms with Gasteiger partial charge in [-0.15, -0.1) is 0 Å². The molecule has 9 heteroatoms. The predicted molar refractivity (Wildman–Crippen MR) is 107 cm³/mol. The van der Waals surface area contributed by atoms with Crippen LogP contribution in [0, 0.1) is 17.2 Å². The minimum absolute atomic E-state index is 0.0186. The Labute approximate surface area is 173 Å². The number of amides is 3. The maximum absolute atomic E-state index is 12.7. The Morgan fingerprint density at radius 2 is 1.79 bits per heavy atom. The molecule has 1 aliphatic heterocycles. The summed E-state index contributed by atoms with van der Waals surface area (Å²) in [6, 6.07) is 0.0699. The maximum Gasteiger partial charge on any atom is 0.318 e. The number of nitriles is 1. The molecule has 0 aromatic rings. The van der Waals surface area contributed by atoms with Crippen molar-refractivity contribution in [2.24, 2.45) is 5.92 Å². The van der Waals surface area contributed by atoms with Crippen molar-refractivity contribution in [3.05, 3.63) is 0 Å². The van der Waals surface area contributed by atoms with Crippen molar-refractivity contribution in [3.8, 4) is 6.07 Å². The second-order valence-electron chi connectivity index (χ2n) is 8.55. The van der Waals surface area contributed by atoms with Crippen LogP contribution in [0.15, 0.2) is 0 Å². The molecular weight excluding hydrogens is 376 g/mol. The summed E-state index contributed by atoms with van der Waals surface area (Å²) < 4.78 is 10.5. The monoisotopic (exact) mass is 410 g/mol. The van der Waals surface area contributed by atoms with Gasteiger partial charge in [-0.3, -0.25) is 9.59 Å². The summed E-state index contributed by atoms with van der Waals surface area (Å²) in [5, 5.41) is 14.7. The largest absolute Gasteiger partial charge is 0.460 e. The maximum atomic E-state index is 12.7. The van der Waals surface area contributed by atoms with Gasteiger partial charge in [-0.2, -0.15) is 5.26 Å². The molecular formula is C20H34N4O5. The molecule has 2 unspecified atom stereocenters. The van der Waals surface area contributed by atoms with E-state index in [0.29, 0.717) is 32.7 Å². The van der Waals surface area contributed by atoms with Gasteiger partial charge in [0, 0.05) is 19.5 Å². The second kappa shape index (κ2) is 11.6. The second-order valence-corrected chi connectivity index (χ2v) is 8.55. The fourth-order valence-electron chi connectivity index (χ4n) is 2.81. The lowest BCUT2D eigenvalue weighted by atomic mass is 10.0. The number of morpholine rings is 1. The lowest BCUT2D eigenvalue weighted by Gasteiger charge is -2.29. The molecule has 0 spiro atoms. The molecule has 1 heterocycles. The highest BCUT2D eigenvalue weighted by atomic mass is 16.6. The van der Waals surface area contributed by atoms with E-state index in [1.807, 2.05) is 19.9 Å². The van der Waals surface area contributed by atoms with E-state index < -0.39 is 29.6 Å². The van der Waals surface area contributed by atoms with Gasteiger partial charge in [-0.05, 0) is 39.5 Å². The molecule has 0 bridgehead atoms. The highest BCUT2D eigenvalue weighted by Gasteiger charge is 2.27. The average molecular weight is 411 g/mol. The van der Waals surface area contributed by atoms with Gasteiger partial charge in [0.1, 0.15) is 17.7 Å². The molecule has 0 aromatic heterocycles. The van der Waals surface area contributed by atoms with Crippen LogP contribution in [0.3, 0.4) is 0 Å². The van der Waals surface area contributed by atoms with Crippen LogP contribution in [0.2, 0.25) is 0 Å². The lowest BCUT2D eigenvalue weighted by Crippen LogP contribution is -2.55. The highest BCUT2D eigenvalue weighted by molar-refractivity contribution is 5.87. The van der Waals surface area contributed by atoms with Crippen molar-refractivity contribution in [3.63, 3.8) is 0 Å². The molecule has 0 aliphatic carbocycles. The zero-order valence-electron chi connectivity index (χ0n) is 18.1. The predicted octanol–water partition coefficient (Wildman–Crippen LogP) is 1.57. The van der Waals surface area contributed by atoms with Gasteiger partial charge in [-0.1, -0.05) is 13.8 Å². The number of esters is 1. The van der Waals surface area contributed by atoms with E-state index in [9.17, 15) is 19.6 Å². The smallest absolute Gasteiger partial charge is 0.318 e. The van der Waals surface area contributed by atoms with Gasteiger partial charge in [0.05, 0.1) is 19.3 Å². The zero-order chi connectivity index (χ0) is 22.0. The van der Waals surface area contributed by atoms with Crippen molar-refractivity contribution in [1.29, 1.82) is 5.26 Å². The summed E-state index contributed by atoms with van der Waals surface area (Å²) in [7, 11) is 0. The third-order valence-electron chi connectivity index (χ3n) is 4.15. The lowest BCUT2D eigenvalue weighted by molar-refractivity contribution is -0.155. The number of urea groups is 1. The van der Waals surface area contributed by atoms with Crippen LogP contribution >= 0.6 is 0 Å². The third kappa shape index (κ3) is 10.1. The zero-order valence-corrected chi connectivity index (χ0v) is 18.1. The van der Waals surface area contributed by atoms with Crippen molar-refractivity contribution < 1.29 is 23.9 Å². The molecule has 0 aromatic carbocycles. The van der Waals surface area contributed by atoms with E-state index >= 15 is 0 Å². The fraction of sp³-hybridized carbons (Fsp3) is 0.800. The number of hydrogen-bond donors (Lipinski definition) is 2. The van der Waals surface area contributed by atoms with Gasteiger partial charge in [0.25, 0.3) is 0 Å². The Morgan fingerprint density at radius 3 is 2.31 bits per heavy atom. The van der Waals surface area contributed by atoms with Crippen molar-refractivity contribution in [2.75, 3.05) is 26.3 Å². The van der Waals surface area contributed by atoms with Crippen LogP contribution < -0.4 is 10.6 Å². The van der Waals surface area contributed by atoms with Crippen LogP contribution in [0.1, 0.15) is 53.9 Å². The first-order valence-corrected chi connectivity index (χ1v) is 10.1. The normalized spacial score (nSPS) is 16.5. The molecule has 1 aliphatic rings. The van der Waals surface area contributed by atoms with Gasteiger partial charge >= 0.3 is 12.0 Å². The van der Waals surface area contributed by atoms with Crippen LogP contribution in [0.5, 0.6) is 0 Å². The fourth-order valence-corrected chi connectivity index (χ4v) is 2.81. The number of hydrogen-bond acceptors (Lipinski definition) is 6. The Bertz CT molecular complexity index is 603. The Hall–Kier alpha value is -2.34. The SMILES string of the molecule is CC(C)CC(NC(=O)N1CCOCC1)C(=O)NC(C#N)CCC(=O)OC(C)(C)C. The molecule has 0 radical (unpaired) electrons. The Kier molecular flexibility index (Phi) is 9.89. The number of nitrogens with zero attached hydrogens (tertiary/aromatic N) is 2. The van der Waals surface area contributed by atoms with Crippen LogP contribution in [-0.4, -0.2) is 66.8 Å². The average Bonchev–Trinajstić information content (AvgIpc) is 2.63. The Morgan fingerprint density at radius 1 is 1.17 bits per heavy atom. The molecule has 1 fully saturated rings. The first-order chi connectivity index (χ1) is 13.5. The minimum Gasteiger partial charge on any atom is -0.460 e. The molecule has 3 amide bonds. The molecule has 1 saturated heterocycles. The summed E-state index contributed by atoms with van der Waals surface area (Å²) in [5.41, 5.74) is -0.603. The third-order valence-corrected chi connectivity index (χ3v) is 4.15. The van der Waals surface area contributed by atoms with E-state index in [1.165, 1.54) is 0 Å². The Balaban J connectivity index is 2.63. The van der Waals surface area contributed by atoms with Crippen LogP contribution in [-0.2, 0) is 19.1 Å². The number of nitrogens with one attached hydrogen (secondary N) is 2. The van der Waals surface area contributed by atoms with Crippen molar-refractivity contribution in [1.82, 2.24) is 15.5 Å². The van der Waals surface area contributed by atoms with E-state index in [2.05, 4.69) is 10.6 Å². The number of rotatable bonds is 8. The molecule has 1 rings (SSSR count). The molecule has 29 heavy (non-hydrogen) atoms. The summed E-state index contributed by atoms with van der Waals surface area (Å²) in [4.78, 5) is 38.6. The topological polar surface area (TPSA) is 121 Å². The first kappa shape index (κ1) is 24.7. The van der Waals surface area contributed by atoms with Crippen LogP contribution in [0.4, 0.5) is 4.79 Å². The first-order valence-electron chi connectivity index (χ1n) is 10.1. The van der Waals surface area contributed by atoms with Crippen LogP contribution in [0.25, 0.3) is 0 Å². The van der Waals surface area contributed by atoms with Gasteiger partial charge in [-0.25, -0.2) is 4.79 Å². The number of carbonyl (C=O) groups is 3. The summed E-state index contributed by atoms with van der Waals surface area (Å²) in [6.45, 7) is 11.1. The highest BCUT2D eigenvalue weighted by Crippen LogP contribution is 2.11. The molecule has 2 N–H and O–H groups in total. The van der Waals surface area contributed by atoms with Gasteiger partial charge < -0.3 is 25.0 Å². The van der Waals surface area contributed by atoms with E-state index in [-0.39, 0.29) is 24.8 Å². The summed E-state index contributed by atoms with van der Waals surface area (Å²) >= 11 is 0. The van der Waals surface area contributed by atoms with Crippen molar-refractivity contribution >= 4 is 17.9 Å². The summed E-state index contributed by atoms with van der Waals surface area (Å²) in [6.07, 6.45) is 0.597. The quantitative estimate of drug-likeness (QED) is 0.586. The van der Waals surface area contributed by atoms with Gasteiger partial charge in [0.2, 0.25) is 5.91 Å². The molecule has 9 nitrogen and oxygen atoms in total. The summed E-state index contributed by atoms with van der Waals surface area (Å²) in [5.74, 6) is -0.694.